The predicted octanol–water partition coefficient (Wildman–Crippen LogP) is 4.49. The van der Waals surface area contributed by atoms with E-state index < -0.39 is 44.4 Å². The fourth-order valence-electron chi connectivity index (χ4n) is 5.69. The average Bonchev–Trinajstić information content (AvgIpc) is 2.95. The second-order valence-electron chi connectivity index (χ2n) is 13.0. The molecular formula is C34H45NO6Si. The number of likely N-dealkylation sites (tertiary alicyclic amines) is 1. The van der Waals surface area contributed by atoms with Gasteiger partial charge in [-0.25, -0.2) is 4.79 Å². The lowest BCUT2D eigenvalue weighted by molar-refractivity contribution is -0.142. The molecule has 0 radical (unpaired) electrons. The van der Waals surface area contributed by atoms with Gasteiger partial charge in [-0.3, -0.25) is 4.90 Å². The van der Waals surface area contributed by atoms with Crippen LogP contribution in [0.3, 0.4) is 0 Å². The summed E-state index contributed by atoms with van der Waals surface area (Å²) in [6.07, 6.45) is -4.03. The van der Waals surface area contributed by atoms with Gasteiger partial charge < -0.3 is 24.1 Å². The largest absolute Gasteiger partial charge is 0.444 e. The van der Waals surface area contributed by atoms with E-state index >= 15 is 0 Å². The van der Waals surface area contributed by atoms with Crippen molar-refractivity contribution in [3.05, 3.63) is 96.6 Å². The molecule has 3 aromatic rings. The van der Waals surface area contributed by atoms with Gasteiger partial charge in [0, 0.05) is 0 Å². The second-order valence-corrected chi connectivity index (χ2v) is 17.3. The van der Waals surface area contributed by atoms with E-state index in [0.717, 1.165) is 15.9 Å². The Morgan fingerprint density at radius 1 is 0.810 bits per heavy atom. The number of nitrogens with zero attached hydrogens (tertiary/aromatic N) is 1. The van der Waals surface area contributed by atoms with Gasteiger partial charge in [-0.05, 0) is 41.7 Å². The van der Waals surface area contributed by atoms with E-state index in [0.29, 0.717) is 6.61 Å². The summed E-state index contributed by atoms with van der Waals surface area (Å²) in [6, 6.07) is 29.1. The maximum absolute atomic E-state index is 13.6. The first-order chi connectivity index (χ1) is 19.8. The monoisotopic (exact) mass is 591 g/mol. The zero-order valence-electron chi connectivity index (χ0n) is 25.6. The highest BCUT2D eigenvalue weighted by molar-refractivity contribution is 6.99. The van der Waals surface area contributed by atoms with Gasteiger partial charge in [-0.15, -0.1) is 0 Å². The Hall–Kier alpha value is -3.01. The van der Waals surface area contributed by atoms with Crippen LogP contribution in [0, 0.1) is 0 Å². The van der Waals surface area contributed by atoms with Crippen LogP contribution >= 0.6 is 0 Å². The number of carbonyl (C=O) groups excluding carboxylic acids is 1. The normalized spacial score (nSPS) is 21.7. The van der Waals surface area contributed by atoms with E-state index in [-0.39, 0.29) is 18.2 Å². The summed E-state index contributed by atoms with van der Waals surface area (Å²) in [5, 5.41) is 24.8. The van der Waals surface area contributed by atoms with Crippen LogP contribution in [0.25, 0.3) is 0 Å². The Morgan fingerprint density at radius 3 is 1.79 bits per heavy atom. The third kappa shape index (κ3) is 7.13. The van der Waals surface area contributed by atoms with Gasteiger partial charge in [0.15, 0.2) is 0 Å². The molecule has 0 aliphatic carbocycles. The van der Waals surface area contributed by atoms with Crippen LogP contribution in [0.15, 0.2) is 91.0 Å². The molecule has 1 saturated heterocycles. The Bertz CT molecular complexity index is 1240. The summed E-state index contributed by atoms with van der Waals surface area (Å²) < 4.78 is 18.9. The standard InChI is InChI=1S/C34H45NO6Si/c1-33(2,3)40-32(38)35-22-29(31(37)30(36)28(35)24-39-23-25-16-10-7-11-17-25)41-42(34(4,5)6,26-18-12-8-13-19-26)27-20-14-9-15-21-27/h7-21,28-31,36-37H,22-24H2,1-6H3/t28-,29+,30-,31+/m0/s1. The number of benzene rings is 3. The van der Waals surface area contributed by atoms with E-state index in [4.69, 9.17) is 13.9 Å². The fraction of sp³-hybridized carbons (Fsp3) is 0.441. The molecule has 7 nitrogen and oxygen atoms in total. The number of hydrogen-bond acceptors (Lipinski definition) is 6. The molecule has 8 heteroatoms. The molecule has 42 heavy (non-hydrogen) atoms. The minimum absolute atomic E-state index is 0.0261. The van der Waals surface area contributed by atoms with Crippen molar-refractivity contribution < 1.29 is 28.9 Å². The predicted molar refractivity (Wildman–Crippen MR) is 167 cm³/mol. The van der Waals surface area contributed by atoms with Gasteiger partial charge in [-0.2, -0.15) is 0 Å². The first-order valence-corrected chi connectivity index (χ1v) is 16.5. The number of ether oxygens (including phenoxy) is 2. The molecule has 226 valence electrons. The minimum Gasteiger partial charge on any atom is -0.444 e. The smallest absolute Gasteiger partial charge is 0.410 e. The van der Waals surface area contributed by atoms with Gasteiger partial charge >= 0.3 is 6.09 Å². The molecule has 0 spiro atoms. The van der Waals surface area contributed by atoms with Crippen LogP contribution in [0.5, 0.6) is 0 Å². The molecule has 1 heterocycles. The highest BCUT2D eigenvalue weighted by Gasteiger charge is 2.55. The van der Waals surface area contributed by atoms with Crippen molar-refractivity contribution in [2.24, 2.45) is 0 Å². The molecule has 1 fully saturated rings. The molecule has 0 bridgehead atoms. The van der Waals surface area contributed by atoms with Crippen molar-refractivity contribution in [1.29, 1.82) is 0 Å². The summed E-state index contributed by atoms with van der Waals surface area (Å²) in [6.45, 7) is 12.2. The van der Waals surface area contributed by atoms with Gasteiger partial charge in [0.1, 0.15) is 17.8 Å². The Kier molecular flexibility index (Phi) is 9.95. The van der Waals surface area contributed by atoms with E-state index in [1.54, 1.807) is 20.8 Å². The van der Waals surface area contributed by atoms with Crippen molar-refractivity contribution in [1.82, 2.24) is 4.90 Å². The SMILES string of the molecule is CC(C)(C)OC(=O)N1C[C@@H](O[Si](c2ccccc2)(c2ccccc2)C(C)(C)C)[C@@H](O)[C@@H](O)[C@@H]1COCc1ccccc1. The number of aliphatic hydroxyl groups excluding tert-OH is 2. The first-order valence-electron chi connectivity index (χ1n) is 14.6. The van der Waals surface area contributed by atoms with Crippen LogP contribution in [0.2, 0.25) is 5.04 Å². The van der Waals surface area contributed by atoms with Crippen molar-refractivity contribution in [3.8, 4) is 0 Å². The summed E-state index contributed by atoms with van der Waals surface area (Å²) in [5.74, 6) is 0. The molecular weight excluding hydrogens is 546 g/mol. The number of amides is 1. The molecule has 1 aliphatic heterocycles. The lowest BCUT2D eigenvalue weighted by Crippen LogP contribution is -2.72. The van der Waals surface area contributed by atoms with Gasteiger partial charge in [0.2, 0.25) is 0 Å². The molecule has 2 N–H and O–H groups in total. The van der Waals surface area contributed by atoms with E-state index in [9.17, 15) is 15.0 Å². The number of piperidine rings is 1. The average molecular weight is 592 g/mol. The molecule has 3 aromatic carbocycles. The summed E-state index contributed by atoms with van der Waals surface area (Å²) in [4.78, 5) is 15.0. The number of carbonyl (C=O) groups is 1. The molecule has 4 atom stereocenters. The zero-order chi connectivity index (χ0) is 30.5. The van der Waals surface area contributed by atoms with E-state index in [2.05, 4.69) is 45.0 Å². The number of aliphatic hydroxyl groups is 2. The Balaban J connectivity index is 1.70. The molecule has 4 rings (SSSR count). The quantitative estimate of drug-likeness (QED) is 0.376. The van der Waals surface area contributed by atoms with Gasteiger partial charge in [0.05, 0.1) is 31.9 Å². The van der Waals surface area contributed by atoms with Crippen LogP contribution in [-0.4, -0.2) is 72.6 Å². The molecule has 0 saturated carbocycles. The summed E-state index contributed by atoms with van der Waals surface area (Å²) in [5.41, 5.74) is 0.224. The van der Waals surface area contributed by atoms with Crippen molar-refractivity contribution in [2.75, 3.05) is 13.2 Å². The van der Waals surface area contributed by atoms with Crippen LogP contribution < -0.4 is 10.4 Å². The molecule has 1 amide bonds. The van der Waals surface area contributed by atoms with Gasteiger partial charge in [-0.1, -0.05) is 112 Å². The van der Waals surface area contributed by atoms with Crippen molar-refractivity contribution >= 4 is 24.8 Å². The lowest BCUT2D eigenvalue weighted by atomic mass is 9.94. The Morgan fingerprint density at radius 2 is 1.31 bits per heavy atom. The number of rotatable bonds is 8. The minimum atomic E-state index is -3.09. The van der Waals surface area contributed by atoms with Gasteiger partial charge in [0.25, 0.3) is 8.32 Å². The van der Waals surface area contributed by atoms with Crippen LogP contribution in [0.4, 0.5) is 4.79 Å². The first kappa shape index (κ1) is 31.9. The van der Waals surface area contributed by atoms with E-state index in [1.807, 2.05) is 66.7 Å². The molecule has 0 aromatic heterocycles. The zero-order valence-corrected chi connectivity index (χ0v) is 26.6. The topological polar surface area (TPSA) is 88.5 Å². The third-order valence-corrected chi connectivity index (χ3v) is 12.7. The van der Waals surface area contributed by atoms with E-state index in [1.165, 1.54) is 4.90 Å². The summed E-state index contributed by atoms with van der Waals surface area (Å²) >= 11 is 0. The summed E-state index contributed by atoms with van der Waals surface area (Å²) in [7, 11) is -3.09. The maximum Gasteiger partial charge on any atom is 0.410 e. The van der Waals surface area contributed by atoms with Crippen LogP contribution in [-0.2, 0) is 20.5 Å². The molecule has 1 aliphatic rings. The highest BCUT2D eigenvalue weighted by atomic mass is 28.4. The van der Waals surface area contributed by atoms with Crippen molar-refractivity contribution in [2.45, 2.75) is 83.1 Å². The third-order valence-electron chi connectivity index (χ3n) is 7.68. The Labute approximate surface area is 251 Å². The second kappa shape index (κ2) is 13.1. The van der Waals surface area contributed by atoms with Crippen molar-refractivity contribution in [3.63, 3.8) is 0 Å². The number of hydrogen-bond donors (Lipinski definition) is 2. The maximum atomic E-state index is 13.6. The fourth-order valence-corrected chi connectivity index (χ4v) is 10.4. The van der Waals surface area contributed by atoms with Crippen LogP contribution in [0.1, 0.15) is 47.1 Å². The highest BCUT2D eigenvalue weighted by Crippen LogP contribution is 2.39. The molecule has 0 unspecified atom stereocenters. The lowest BCUT2D eigenvalue weighted by Gasteiger charge is -2.50.